The minimum Gasteiger partial charge on any atom is -0.392 e. The summed E-state index contributed by atoms with van der Waals surface area (Å²) in [7, 11) is 0. The molecule has 176 valence electrons. The number of hydrogen-bond acceptors (Lipinski definition) is 4. The van der Waals surface area contributed by atoms with Gasteiger partial charge >= 0.3 is 0 Å². The molecule has 1 aromatic heterocycles. The Hall–Kier alpha value is -1.95. The zero-order chi connectivity index (χ0) is 22.9. The molecule has 0 aromatic carbocycles. The minimum absolute atomic E-state index is 0.0183. The smallest absolute Gasteiger partial charge is 0.251 e. The first-order chi connectivity index (χ1) is 15.3. The van der Waals surface area contributed by atoms with Crippen molar-refractivity contribution in [2.75, 3.05) is 0 Å². The van der Waals surface area contributed by atoms with E-state index in [1.54, 1.807) is 24.5 Å². The van der Waals surface area contributed by atoms with Crippen molar-refractivity contribution in [3.8, 4) is 0 Å². The SMILES string of the molecule is CC(C(=O)NC1CCCC1)C1CCC2(C)CCC(NC(=O)c3ccncc3)C(C)C2C1O. The molecule has 32 heavy (non-hydrogen) atoms. The molecule has 0 bridgehead atoms. The number of aromatic nitrogens is 1. The highest BCUT2D eigenvalue weighted by atomic mass is 16.3. The highest BCUT2D eigenvalue weighted by molar-refractivity contribution is 5.94. The largest absolute Gasteiger partial charge is 0.392 e. The molecule has 3 saturated carbocycles. The van der Waals surface area contributed by atoms with E-state index in [1.165, 1.54) is 12.8 Å². The van der Waals surface area contributed by atoms with Crippen molar-refractivity contribution in [2.24, 2.45) is 29.1 Å². The van der Waals surface area contributed by atoms with Gasteiger partial charge in [0.05, 0.1) is 6.10 Å². The maximum atomic E-state index is 12.9. The molecule has 7 unspecified atom stereocenters. The number of rotatable bonds is 5. The van der Waals surface area contributed by atoms with Gasteiger partial charge in [0.25, 0.3) is 5.91 Å². The second-order valence-corrected chi connectivity index (χ2v) is 10.9. The van der Waals surface area contributed by atoms with Gasteiger partial charge in [0.15, 0.2) is 0 Å². The summed E-state index contributed by atoms with van der Waals surface area (Å²) in [6.45, 7) is 6.43. The molecular formula is C26H39N3O3. The second kappa shape index (κ2) is 9.50. The lowest BCUT2D eigenvalue weighted by Crippen LogP contribution is -2.58. The van der Waals surface area contributed by atoms with Gasteiger partial charge in [-0.05, 0) is 73.8 Å². The van der Waals surface area contributed by atoms with Crippen molar-refractivity contribution >= 4 is 11.8 Å². The number of nitrogens with one attached hydrogen (secondary N) is 2. The number of amides is 2. The van der Waals surface area contributed by atoms with Gasteiger partial charge in [-0.1, -0.05) is 33.6 Å². The van der Waals surface area contributed by atoms with Crippen LogP contribution in [0.5, 0.6) is 0 Å². The summed E-state index contributed by atoms with van der Waals surface area (Å²) >= 11 is 0. The van der Waals surface area contributed by atoms with Gasteiger partial charge in [0, 0.05) is 36.0 Å². The van der Waals surface area contributed by atoms with Gasteiger partial charge in [-0.25, -0.2) is 0 Å². The van der Waals surface area contributed by atoms with Crippen molar-refractivity contribution in [3.63, 3.8) is 0 Å². The lowest BCUT2D eigenvalue weighted by molar-refractivity contribution is -0.142. The summed E-state index contributed by atoms with van der Waals surface area (Å²) in [5.41, 5.74) is 0.661. The van der Waals surface area contributed by atoms with E-state index in [0.29, 0.717) is 11.6 Å². The Bertz CT molecular complexity index is 810. The number of aliphatic hydroxyl groups is 1. The number of carbonyl (C=O) groups is 2. The predicted octanol–water partition coefficient (Wildman–Crippen LogP) is 3.70. The zero-order valence-electron chi connectivity index (χ0n) is 19.7. The fraction of sp³-hybridized carbons (Fsp3) is 0.731. The van der Waals surface area contributed by atoms with E-state index in [1.807, 2.05) is 6.92 Å². The standard InChI is InChI=1S/C26H39N3O3/c1-16(24(31)28-19-6-4-5-7-19)20-8-12-26(3)13-9-21(17(2)22(26)23(20)30)29-25(32)18-10-14-27-15-11-18/h10-11,14-17,19-23,30H,4-9,12-13H2,1-3H3,(H,28,31)(H,29,32). The van der Waals surface area contributed by atoms with Crippen molar-refractivity contribution in [2.45, 2.75) is 90.3 Å². The Morgan fingerprint density at radius 3 is 2.44 bits per heavy atom. The molecule has 2 amide bonds. The quantitative estimate of drug-likeness (QED) is 0.650. The topological polar surface area (TPSA) is 91.3 Å². The summed E-state index contributed by atoms with van der Waals surface area (Å²) in [6.07, 6.45) is 11.1. The highest BCUT2D eigenvalue weighted by Gasteiger charge is 2.54. The van der Waals surface area contributed by atoms with Gasteiger partial charge in [0.1, 0.15) is 0 Å². The summed E-state index contributed by atoms with van der Waals surface area (Å²) in [5.74, 6) is -0.0165. The molecule has 3 fully saturated rings. The number of pyridine rings is 1. The molecular weight excluding hydrogens is 402 g/mol. The zero-order valence-corrected chi connectivity index (χ0v) is 19.7. The van der Waals surface area contributed by atoms with Gasteiger partial charge in [-0.2, -0.15) is 0 Å². The summed E-state index contributed by atoms with van der Waals surface area (Å²) in [6, 6.07) is 3.77. The number of nitrogens with zero attached hydrogens (tertiary/aromatic N) is 1. The summed E-state index contributed by atoms with van der Waals surface area (Å²) in [5, 5.41) is 18.0. The number of hydrogen-bond donors (Lipinski definition) is 3. The van der Waals surface area contributed by atoms with Crippen LogP contribution in [0.1, 0.15) is 82.5 Å². The van der Waals surface area contributed by atoms with E-state index in [4.69, 9.17) is 0 Å². The molecule has 6 heteroatoms. The normalized spacial score (nSPS) is 36.2. The summed E-state index contributed by atoms with van der Waals surface area (Å²) in [4.78, 5) is 29.7. The molecule has 0 spiro atoms. The van der Waals surface area contributed by atoms with E-state index < -0.39 is 6.10 Å². The first kappa shape index (κ1) is 23.2. The van der Waals surface area contributed by atoms with Crippen LogP contribution in [0.4, 0.5) is 0 Å². The molecule has 3 aliphatic rings. The van der Waals surface area contributed by atoms with E-state index >= 15 is 0 Å². The Labute approximate surface area is 192 Å². The monoisotopic (exact) mass is 441 g/mol. The van der Waals surface area contributed by atoms with Crippen molar-refractivity contribution < 1.29 is 14.7 Å². The molecule has 0 radical (unpaired) electrons. The van der Waals surface area contributed by atoms with E-state index in [-0.39, 0.29) is 46.9 Å². The fourth-order valence-corrected chi connectivity index (χ4v) is 6.85. The van der Waals surface area contributed by atoms with Crippen molar-refractivity contribution in [1.82, 2.24) is 15.6 Å². The van der Waals surface area contributed by atoms with Crippen LogP contribution in [-0.2, 0) is 4.79 Å². The third kappa shape index (κ3) is 4.57. The van der Waals surface area contributed by atoms with Crippen LogP contribution in [0.2, 0.25) is 0 Å². The van der Waals surface area contributed by atoms with Crippen LogP contribution >= 0.6 is 0 Å². The fourth-order valence-electron chi connectivity index (χ4n) is 6.85. The van der Waals surface area contributed by atoms with E-state index in [9.17, 15) is 14.7 Å². The van der Waals surface area contributed by atoms with Gasteiger partial charge < -0.3 is 15.7 Å². The molecule has 3 aliphatic carbocycles. The third-order valence-electron chi connectivity index (χ3n) is 8.90. The predicted molar refractivity (Wildman–Crippen MR) is 124 cm³/mol. The molecule has 6 nitrogen and oxygen atoms in total. The van der Waals surface area contributed by atoms with E-state index in [2.05, 4.69) is 29.5 Å². The summed E-state index contributed by atoms with van der Waals surface area (Å²) < 4.78 is 0. The molecule has 4 rings (SSSR count). The van der Waals surface area contributed by atoms with Crippen LogP contribution in [0.15, 0.2) is 24.5 Å². The number of aliphatic hydroxyl groups excluding tert-OH is 1. The van der Waals surface area contributed by atoms with Crippen molar-refractivity contribution in [1.29, 1.82) is 0 Å². The van der Waals surface area contributed by atoms with Gasteiger partial charge in [-0.3, -0.25) is 14.6 Å². The highest BCUT2D eigenvalue weighted by Crippen LogP contribution is 2.55. The maximum Gasteiger partial charge on any atom is 0.251 e. The lowest BCUT2D eigenvalue weighted by Gasteiger charge is -2.56. The third-order valence-corrected chi connectivity index (χ3v) is 8.90. The molecule has 1 aromatic rings. The van der Waals surface area contributed by atoms with Crippen LogP contribution in [-0.4, -0.2) is 40.1 Å². The maximum absolute atomic E-state index is 12.9. The Morgan fingerprint density at radius 2 is 1.75 bits per heavy atom. The van der Waals surface area contributed by atoms with Crippen LogP contribution in [0, 0.1) is 29.1 Å². The average molecular weight is 442 g/mol. The number of carbonyl (C=O) groups excluding carboxylic acids is 2. The minimum atomic E-state index is -0.534. The molecule has 7 atom stereocenters. The Balaban J connectivity index is 1.44. The molecule has 0 aliphatic heterocycles. The van der Waals surface area contributed by atoms with Gasteiger partial charge in [-0.15, -0.1) is 0 Å². The van der Waals surface area contributed by atoms with Crippen LogP contribution < -0.4 is 10.6 Å². The van der Waals surface area contributed by atoms with Crippen LogP contribution in [0.3, 0.4) is 0 Å². The molecule has 0 saturated heterocycles. The Morgan fingerprint density at radius 1 is 1.09 bits per heavy atom. The van der Waals surface area contributed by atoms with Crippen LogP contribution in [0.25, 0.3) is 0 Å². The Kier molecular flexibility index (Phi) is 6.89. The second-order valence-electron chi connectivity index (χ2n) is 10.9. The average Bonchev–Trinajstić information content (AvgIpc) is 3.29. The van der Waals surface area contributed by atoms with Gasteiger partial charge in [0.2, 0.25) is 5.91 Å². The number of fused-ring (bicyclic) bond motifs is 1. The van der Waals surface area contributed by atoms with Crippen molar-refractivity contribution in [3.05, 3.63) is 30.1 Å². The molecule has 1 heterocycles. The first-order valence-electron chi connectivity index (χ1n) is 12.5. The first-order valence-corrected chi connectivity index (χ1v) is 12.5. The van der Waals surface area contributed by atoms with E-state index in [0.717, 1.165) is 38.5 Å². The lowest BCUT2D eigenvalue weighted by atomic mass is 9.51. The molecule has 3 N–H and O–H groups in total.